The number of hydrogen-bond donors (Lipinski definition) is 0. The van der Waals surface area contributed by atoms with Crippen LogP contribution < -0.4 is 4.74 Å². The van der Waals surface area contributed by atoms with E-state index in [1.165, 1.54) is 0 Å². The lowest BCUT2D eigenvalue weighted by Gasteiger charge is -2.28. The van der Waals surface area contributed by atoms with Crippen LogP contribution in [0.2, 0.25) is 0 Å². The van der Waals surface area contributed by atoms with Crippen molar-refractivity contribution < 1.29 is 9.53 Å². The molecule has 1 atom stereocenters. The van der Waals surface area contributed by atoms with Crippen molar-refractivity contribution in [3.8, 4) is 5.75 Å². The second-order valence-electron chi connectivity index (χ2n) is 5.72. The molecule has 0 radical (unpaired) electrons. The summed E-state index contributed by atoms with van der Waals surface area (Å²) in [5, 5.41) is 5.83. The molecule has 1 aliphatic rings. The standard InChI is InChI=1S/C15H20N2O2/c1-15(2,3)14(18)17-13(9-10-16-17)11-5-7-12(19-4)8-6-11/h5-8,10,13H,9H2,1-4H3. The van der Waals surface area contributed by atoms with Crippen molar-refractivity contribution >= 4 is 12.1 Å². The lowest BCUT2D eigenvalue weighted by atomic mass is 9.94. The Hall–Kier alpha value is -1.84. The predicted octanol–water partition coefficient (Wildman–Crippen LogP) is 3.00. The number of nitrogens with zero attached hydrogens (tertiary/aromatic N) is 2. The van der Waals surface area contributed by atoms with Gasteiger partial charge in [-0.1, -0.05) is 32.9 Å². The first-order chi connectivity index (χ1) is 8.93. The fourth-order valence-corrected chi connectivity index (χ4v) is 2.06. The average molecular weight is 260 g/mol. The Kier molecular flexibility index (Phi) is 3.60. The maximum Gasteiger partial charge on any atom is 0.248 e. The van der Waals surface area contributed by atoms with Gasteiger partial charge >= 0.3 is 0 Å². The monoisotopic (exact) mass is 260 g/mol. The number of carbonyl (C=O) groups excluding carboxylic acids is 1. The minimum absolute atomic E-state index is 0.00219. The fraction of sp³-hybridized carbons (Fsp3) is 0.467. The van der Waals surface area contributed by atoms with Crippen LogP contribution in [-0.4, -0.2) is 24.2 Å². The smallest absolute Gasteiger partial charge is 0.248 e. The van der Waals surface area contributed by atoms with Crippen LogP contribution in [-0.2, 0) is 4.79 Å². The van der Waals surface area contributed by atoms with E-state index in [9.17, 15) is 4.79 Å². The Labute approximate surface area is 114 Å². The summed E-state index contributed by atoms with van der Waals surface area (Å²) in [5.74, 6) is 0.860. The van der Waals surface area contributed by atoms with E-state index in [2.05, 4.69) is 5.10 Å². The topological polar surface area (TPSA) is 41.9 Å². The number of carbonyl (C=O) groups is 1. The normalized spacial score (nSPS) is 18.7. The van der Waals surface area contributed by atoms with E-state index in [1.807, 2.05) is 45.0 Å². The van der Waals surface area contributed by atoms with Crippen molar-refractivity contribution in [3.05, 3.63) is 29.8 Å². The number of methoxy groups -OCH3 is 1. The minimum Gasteiger partial charge on any atom is -0.497 e. The average Bonchev–Trinajstić information content (AvgIpc) is 2.85. The highest BCUT2D eigenvalue weighted by molar-refractivity contribution is 5.84. The molecule has 2 rings (SSSR count). The van der Waals surface area contributed by atoms with E-state index >= 15 is 0 Å². The molecule has 1 aromatic carbocycles. The van der Waals surface area contributed by atoms with Gasteiger partial charge in [0.25, 0.3) is 0 Å². The second-order valence-corrected chi connectivity index (χ2v) is 5.72. The summed E-state index contributed by atoms with van der Waals surface area (Å²) >= 11 is 0. The summed E-state index contributed by atoms with van der Waals surface area (Å²) in [7, 11) is 1.64. The molecule has 1 heterocycles. The van der Waals surface area contributed by atoms with E-state index in [-0.39, 0.29) is 11.9 Å². The van der Waals surface area contributed by atoms with Crippen LogP contribution in [0.3, 0.4) is 0 Å². The molecule has 1 aromatic rings. The molecule has 19 heavy (non-hydrogen) atoms. The molecule has 1 amide bonds. The number of rotatable bonds is 2. The van der Waals surface area contributed by atoms with E-state index < -0.39 is 5.41 Å². The summed E-state index contributed by atoms with van der Waals surface area (Å²) in [4.78, 5) is 12.4. The Balaban J connectivity index is 2.22. The summed E-state index contributed by atoms with van der Waals surface area (Å²) in [6, 6.07) is 7.79. The van der Waals surface area contributed by atoms with Crippen LogP contribution in [0.1, 0.15) is 38.8 Å². The lowest BCUT2D eigenvalue weighted by molar-refractivity contribution is -0.141. The van der Waals surface area contributed by atoms with Gasteiger partial charge in [-0.3, -0.25) is 4.79 Å². The molecule has 0 saturated heterocycles. The Bertz CT molecular complexity index is 486. The Morgan fingerprint density at radius 3 is 2.47 bits per heavy atom. The molecule has 0 aliphatic carbocycles. The van der Waals surface area contributed by atoms with Crippen LogP contribution in [0.15, 0.2) is 29.4 Å². The number of hydrazone groups is 1. The molecule has 0 aromatic heterocycles. The third-order valence-electron chi connectivity index (χ3n) is 3.18. The fourth-order valence-electron chi connectivity index (χ4n) is 2.06. The number of amides is 1. The minimum atomic E-state index is -0.424. The van der Waals surface area contributed by atoms with Gasteiger partial charge in [0.2, 0.25) is 5.91 Å². The third-order valence-corrected chi connectivity index (χ3v) is 3.18. The van der Waals surface area contributed by atoms with Gasteiger partial charge in [0.15, 0.2) is 0 Å². The molecular weight excluding hydrogens is 240 g/mol. The zero-order valence-electron chi connectivity index (χ0n) is 11.9. The van der Waals surface area contributed by atoms with E-state index in [4.69, 9.17) is 4.74 Å². The lowest BCUT2D eigenvalue weighted by Crippen LogP contribution is -2.36. The largest absolute Gasteiger partial charge is 0.497 e. The summed E-state index contributed by atoms with van der Waals surface area (Å²) < 4.78 is 5.15. The SMILES string of the molecule is COc1ccc(C2CC=NN2C(=O)C(C)(C)C)cc1. The van der Waals surface area contributed by atoms with Crippen LogP contribution >= 0.6 is 0 Å². The molecule has 0 bridgehead atoms. The van der Waals surface area contributed by atoms with Crippen LogP contribution in [0.25, 0.3) is 0 Å². The Morgan fingerprint density at radius 2 is 1.95 bits per heavy atom. The third kappa shape index (κ3) is 2.78. The van der Waals surface area contributed by atoms with Crippen molar-refractivity contribution in [3.63, 3.8) is 0 Å². The molecule has 0 saturated carbocycles. The van der Waals surface area contributed by atoms with Crippen molar-refractivity contribution in [2.45, 2.75) is 33.2 Å². The van der Waals surface area contributed by atoms with Gasteiger partial charge in [-0.05, 0) is 17.7 Å². The molecule has 1 unspecified atom stereocenters. The van der Waals surface area contributed by atoms with Crippen molar-refractivity contribution in [1.82, 2.24) is 5.01 Å². The number of benzene rings is 1. The van der Waals surface area contributed by atoms with Crippen molar-refractivity contribution in [2.75, 3.05) is 7.11 Å². The maximum absolute atomic E-state index is 12.4. The zero-order valence-corrected chi connectivity index (χ0v) is 11.9. The van der Waals surface area contributed by atoms with Crippen LogP contribution in [0, 0.1) is 5.41 Å². The number of hydrogen-bond acceptors (Lipinski definition) is 3. The van der Waals surface area contributed by atoms with Gasteiger partial charge in [-0.25, -0.2) is 5.01 Å². The quantitative estimate of drug-likeness (QED) is 0.820. The Morgan fingerprint density at radius 1 is 1.32 bits per heavy atom. The molecule has 0 spiro atoms. The molecule has 1 aliphatic heterocycles. The highest BCUT2D eigenvalue weighted by atomic mass is 16.5. The van der Waals surface area contributed by atoms with E-state index in [1.54, 1.807) is 18.3 Å². The molecule has 4 nitrogen and oxygen atoms in total. The zero-order chi connectivity index (χ0) is 14.0. The first-order valence-electron chi connectivity index (χ1n) is 6.43. The van der Waals surface area contributed by atoms with Gasteiger partial charge < -0.3 is 4.74 Å². The van der Waals surface area contributed by atoms with Crippen molar-refractivity contribution in [1.29, 1.82) is 0 Å². The maximum atomic E-state index is 12.4. The molecule has 102 valence electrons. The van der Waals surface area contributed by atoms with E-state index in [0.717, 1.165) is 17.7 Å². The highest BCUT2D eigenvalue weighted by Crippen LogP contribution is 2.32. The van der Waals surface area contributed by atoms with Gasteiger partial charge in [-0.2, -0.15) is 5.10 Å². The first kappa shape index (κ1) is 13.6. The van der Waals surface area contributed by atoms with Gasteiger partial charge in [0.1, 0.15) is 5.75 Å². The molecule has 0 N–H and O–H groups in total. The van der Waals surface area contributed by atoms with Gasteiger partial charge in [-0.15, -0.1) is 0 Å². The van der Waals surface area contributed by atoms with E-state index in [0.29, 0.717) is 0 Å². The van der Waals surface area contributed by atoms with Crippen LogP contribution in [0.4, 0.5) is 0 Å². The highest BCUT2D eigenvalue weighted by Gasteiger charge is 2.34. The van der Waals surface area contributed by atoms with Gasteiger partial charge in [0, 0.05) is 18.1 Å². The summed E-state index contributed by atoms with van der Waals surface area (Å²) in [6.45, 7) is 5.73. The molecule has 4 heteroatoms. The molecule has 0 fully saturated rings. The van der Waals surface area contributed by atoms with Crippen LogP contribution in [0.5, 0.6) is 5.75 Å². The predicted molar refractivity (Wildman–Crippen MR) is 75.1 cm³/mol. The molecular formula is C15H20N2O2. The number of ether oxygens (including phenoxy) is 1. The summed E-state index contributed by atoms with van der Waals surface area (Å²) in [5.41, 5.74) is 0.655. The first-order valence-corrected chi connectivity index (χ1v) is 6.43. The second kappa shape index (κ2) is 5.03. The summed E-state index contributed by atoms with van der Waals surface area (Å²) in [6.07, 6.45) is 2.56. The van der Waals surface area contributed by atoms with Crippen molar-refractivity contribution in [2.24, 2.45) is 10.5 Å². The van der Waals surface area contributed by atoms with Gasteiger partial charge in [0.05, 0.1) is 13.2 Å².